The topological polar surface area (TPSA) is 29.1 Å². The van der Waals surface area contributed by atoms with E-state index in [2.05, 4.69) is 29.6 Å². The summed E-state index contributed by atoms with van der Waals surface area (Å²) in [6.45, 7) is 0.521. The number of benzene rings is 3. The van der Waals surface area contributed by atoms with Crippen molar-refractivity contribution in [1.29, 1.82) is 0 Å². The average Bonchev–Trinajstić information content (AvgIpc) is 2.67. The lowest BCUT2D eigenvalue weighted by Crippen LogP contribution is -2.20. The molecule has 0 heterocycles. The van der Waals surface area contributed by atoms with Crippen LogP contribution in [0.5, 0.6) is 0 Å². The molecule has 0 aliphatic heterocycles. The third-order valence-electron chi connectivity index (χ3n) is 3.75. The van der Waals surface area contributed by atoms with Gasteiger partial charge in [-0.2, -0.15) is 0 Å². The Hall–Kier alpha value is -3.13. The molecule has 0 spiro atoms. The van der Waals surface area contributed by atoms with Crippen LogP contribution in [0.4, 0.5) is 0 Å². The van der Waals surface area contributed by atoms with Crippen molar-refractivity contribution in [1.82, 2.24) is 5.32 Å². The van der Waals surface area contributed by atoms with Crippen LogP contribution in [0, 0.1) is 0 Å². The van der Waals surface area contributed by atoms with E-state index < -0.39 is 0 Å². The van der Waals surface area contributed by atoms with Gasteiger partial charge < -0.3 is 5.32 Å². The molecule has 24 heavy (non-hydrogen) atoms. The van der Waals surface area contributed by atoms with Gasteiger partial charge in [0.25, 0.3) is 0 Å². The monoisotopic (exact) mass is 313 g/mol. The summed E-state index contributed by atoms with van der Waals surface area (Å²) in [6, 6.07) is 28.3. The van der Waals surface area contributed by atoms with Gasteiger partial charge in [-0.1, -0.05) is 84.9 Å². The maximum Gasteiger partial charge on any atom is 0.244 e. The first-order valence-corrected chi connectivity index (χ1v) is 7.96. The lowest BCUT2D eigenvalue weighted by molar-refractivity contribution is -0.116. The van der Waals surface area contributed by atoms with Gasteiger partial charge in [-0.15, -0.1) is 0 Å². The third-order valence-corrected chi connectivity index (χ3v) is 3.75. The molecule has 2 nitrogen and oxygen atoms in total. The maximum atomic E-state index is 11.9. The van der Waals surface area contributed by atoms with Gasteiger partial charge in [-0.3, -0.25) is 4.79 Å². The number of carbonyl (C=O) groups excluding carboxylic acids is 1. The normalized spacial score (nSPS) is 10.7. The number of rotatable bonds is 5. The second-order valence-electron chi connectivity index (χ2n) is 5.52. The van der Waals surface area contributed by atoms with Gasteiger partial charge in [-0.05, 0) is 28.3 Å². The second-order valence-corrected chi connectivity index (χ2v) is 5.52. The zero-order valence-corrected chi connectivity index (χ0v) is 13.4. The first kappa shape index (κ1) is 15.8. The Labute approximate surface area is 142 Å². The van der Waals surface area contributed by atoms with Crippen LogP contribution >= 0.6 is 0 Å². The molecule has 3 aromatic rings. The lowest BCUT2D eigenvalue weighted by Gasteiger charge is -2.05. The highest BCUT2D eigenvalue weighted by molar-refractivity contribution is 5.91. The first-order chi connectivity index (χ1) is 11.8. The molecule has 0 aromatic heterocycles. The van der Waals surface area contributed by atoms with Crippen molar-refractivity contribution in [3.8, 4) is 11.1 Å². The SMILES string of the molecule is O=C(/C=C/c1ccccc1)NCc1ccc(-c2ccccc2)cc1. The molecule has 0 bridgehead atoms. The van der Waals surface area contributed by atoms with E-state index >= 15 is 0 Å². The Kier molecular flexibility index (Phi) is 5.21. The molecule has 0 fully saturated rings. The fourth-order valence-corrected chi connectivity index (χ4v) is 2.43. The number of nitrogens with one attached hydrogen (secondary N) is 1. The van der Waals surface area contributed by atoms with Crippen molar-refractivity contribution in [3.63, 3.8) is 0 Å². The molecular formula is C22H19NO. The molecule has 0 unspecified atom stereocenters. The Morgan fingerprint density at radius 2 is 1.33 bits per heavy atom. The first-order valence-electron chi connectivity index (χ1n) is 7.96. The summed E-state index contributed by atoms with van der Waals surface area (Å²) >= 11 is 0. The van der Waals surface area contributed by atoms with Crippen LogP contribution in [0.15, 0.2) is 91.0 Å². The van der Waals surface area contributed by atoms with Gasteiger partial charge in [0.1, 0.15) is 0 Å². The van der Waals surface area contributed by atoms with Gasteiger partial charge in [0.15, 0.2) is 0 Å². The summed E-state index contributed by atoms with van der Waals surface area (Å²) in [5.74, 6) is -0.0917. The molecule has 0 radical (unpaired) electrons. The minimum atomic E-state index is -0.0917. The van der Waals surface area contributed by atoms with Crippen LogP contribution in [0.2, 0.25) is 0 Å². The van der Waals surface area contributed by atoms with Gasteiger partial charge >= 0.3 is 0 Å². The van der Waals surface area contributed by atoms with E-state index in [9.17, 15) is 4.79 Å². The number of amides is 1. The number of hydrogen-bond donors (Lipinski definition) is 1. The van der Waals surface area contributed by atoms with Crippen molar-refractivity contribution < 1.29 is 4.79 Å². The third kappa shape index (κ3) is 4.43. The van der Waals surface area contributed by atoms with Crippen LogP contribution in [0.3, 0.4) is 0 Å². The Morgan fingerprint density at radius 3 is 2.00 bits per heavy atom. The maximum absolute atomic E-state index is 11.9. The molecule has 2 heteroatoms. The van der Waals surface area contributed by atoms with Crippen LogP contribution < -0.4 is 5.32 Å². The number of carbonyl (C=O) groups is 1. The molecule has 1 N–H and O–H groups in total. The van der Waals surface area contributed by atoms with Crippen molar-refractivity contribution in [2.45, 2.75) is 6.54 Å². The van der Waals surface area contributed by atoms with Crippen molar-refractivity contribution in [2.75, 3.05) is 0 Å². The molecule has 1 amide bonds. The summed E-state index contributed by atoms with van der Waals surface area (Å²) < 4.78 is 0. The quantitative estimate of drug-likeness (QED) is 0.681. The van der Waals surface area contributed by atoms with E-state index in [1.807, 2.05) is 66.7 Å². The fraction of sp³-hybridized carbons (Fsp3) is 0.0455. The molecule has 3 rings (SSSR count). The van der Waals surface area contributed by atoms with Gasteiger partial charge in [0, 0.05) is 12.6 Å². The zero-order chi connectivity index (χ0) is 16.6. The molecule has 0 saturated heterocycles. The molecule has 0 atom stereocenters. The van der Waals surface area contributed by atoms with Gasteiger partial charge in [-0.25, -0.2) is 0 Å². The fourth-order valence-electron chi connectivity index (χ4n) is 2.43. The second kappa shape index (κ2) is 7.93. The van der Waals surface area contributed by atoms with Crippen LogP contribution in [0.25, 0.3) is 17.2 Å². The Morgan fingerprint density at radius 1 is 0.750 bits per heavy atom. The van der Waals surface area contributed by atoms with E-state index in [4.69, 9.17) is 0 Å². The van der Waals surface area contributed by atoms with Crippen LogP contribution in [0.1, 0.15) is 11.1 Å². The lowest BCUT2D eigenvalue weighted by atomic mass is 10.0. The smallest absolute Gasteiger partial charge is 0.244 e. The van der Waals surface area contributed by atoms with Crippen LogP contribution in [-0.2, 0) is 11.3 Å². The molecule has 0 saturated carbocycles. The average molecular weight is 313 g/mol. The van der Waals surface area contributed by atoms with Crippen LogP contribution in [-0.4, -0.2) is 5.91 Å². The molecular weight excluding hydrogens is 294 g/mol. The minimum absolute atomic E-state index is 0.0917. The standard InChI is InChI=1S/C22H19NO/c24-22(16-13-18-7-3-1-4-8-18)23-17-19-11-14-21(15-12-19)20-9-5-2-6-10-20/h1-16H,17H2,(H,23,24)/b16-13+. The van der Waals surface area contributed by atoms with Gasteiger partial charge in [0.2, 0.25) is 5.91 Å². The molecule has 3 aromatic carbocycles. The van der Waals surface area contributed by atoms with E-state index in [0.717, 1.165) is 11.1 Å². The van der Waals surface area contributed by atoms with E-state index in [-0.39, 0.29) is 5.91 Å². The van der Waals surface area contributed by atoms with E-state index in [0.29, 0.717) is 6.54 Å². The summed E-state index contributed by atoms with van der Waals surface area (Å²) in [6.07, 6.45) is 3.38. The predicted octanol–water partition coefficient (Wildman–Crippen LogP) is 4.68. The summed E-state index contributed by atoms with van der Waals surface area (Å²) in [7, 11) is 0. The Balaban J connectivity index is 1.55. The van der Waals surface area contributed by atoms with Gasteiger partial charge in [0.05, 0.1) is 0 Å². The van der Waals surface area contributed by atoms with Crippen molar-refractivity contribution in [2.24, 2.45) is 0 Å². The zero-order valence-electron chi connectivity index (χ0n) is 13.4. The summed E-state index contributed by atoms with van der Waals surface area (Å²) in [5, 5.41) is 2.90. The molecule has 0 aliphatic carbocycles. The minimum Gasteiger partial charge on any atom is -0.348 e. The highest BCUT2D eigenvalue weighted by Crippen LogP contribution is 2.19. The summed E-state index contributed by atoms with van der Waals surface area (Å²) in [4.78, 5) is 11.9. The van der Waals surface area contributed by atoms with Crippen molar-refractivity contribution in [3.05, 3.63) is 102 Å². The van der Waals surface area contributed by atoms with E-state index in [1.165, 1.54) is 11.1 Å². The largest absolute Gasteiger partial charge is 0.348 e. The Bertz CT molecular complexity index is 806. The molecule has 0 aliphatic rings. The predicted molar refractivity (Wildman–Crippen MR) is 99.2 cm³/mol. The molecule has 118 valence electrons. The van der Waals surface area contributed by atoms with E-state index in [1.54, 1.807) is 6.08 Å². The highest BCUT2D eigenvalue weighted by Gasteiger charge is 1.99. The number of hydrogen-bond acceptors (Lipinski definition) is 1. The highest BCUT2D eigenvalue weighted by atomic mass is 16.1. The van der Waals surface area contributed by atoms with Crippen molar-refractivity contribution >= 4 is 12.0 Å². The summed E-state index contributed by atoms with van der Waals surface area (Å²) in [5.41, 5.74) is 4.46.